The van der Waals surface area contributed by atoms with E-state index in [1.54, 1.807) is 6.07 Å². The second-order valence-corrected chi connectivity index (χ2v) is 10.3. The van der Waals surface area contributed by atoms with E-state index >= 15 is 0 Å². The Morgan fingerprint density at radius 2 is 2.00 bits per heavy atom. The number of likely N-dealkylation sites (tertiary alicyclic amines) is 1. The lowest BCUT2D eigenvalue weighted by Crippen LogP contribution is -2.56. The molecule has 1 spiro atoms. The van der Waals surface area contributed by atoms with E-state index in [1.165, 1.54) is 11.9 Å². The van der Waals surface area contributed by atoms with E-state index in [1.807, 2.05) is 10.9 Å². The first-order valence-electron chi connectivity index (χ1n) is 10.5. The van der Waals surface area contributed by atoms with Crippen molar-refractivity contribution in [1.82, 2.24) is 24.6 Å². The number of hydrogen-bond donors (Lipinski definition) is 0. The van der Waals surface area contributed by atoms with Gasteiger partial charge >= 0.3 is 6.18 Å². The highest BCUT2D eigenvalue weighted by Crippen LogP contribution is 2.43. The second kappa shape index (κ2) is 7.44. The monoisotopic (exact) mass is 450 g/mol. The van der Waals surface area contributed by atoms with Crippen LogP contribution in [0.25, 0.3) is 10.2 Å². The Hall–Kier alpha value is -2.20. The molecule has 0 radical (unpaired) electrons. The van der Waals surface area contributed by atoms with E-state index in [0.717, 1.165) is 61.7 Å². The predicted molar refractivity (Wildman–Crippen MR) is 114 cm³/mol. The number of thiophene rings is 1. The quantitative estimate of drug-likeness (QED) is 0.581. The molecule has 3 aromatic heterocycles. The fraction of sp³-hybridized carbons (Fsp3) is 0.571. The lowest BCUT2D eigenvalue weighted by molar-refractivity contribution is -0.126. The molecule has 31 heavy (non-hydrogen) atoms. The average Bonchev–Trinajstić information content (AvgIpc) is 3.37. The fourth-order valence-electron chi connectivity index (χ4n) is 4.82. The van der Waals surface area contributed by atoms with E-state index in [0.29, 0.717) is 10.9 Å². The molecule has 6 nitrogen and oxygen atoms in total. The third-order valence-electron chi connectivity index (χ3n) is 6.18. The molecular weight excluding hydrogens is 425 g/mol. The van der Waals surface area contributed by atoms with Crippen LogP contribution in [-0.4, -0.2) is 57.0 Å². The molecule has 2 fully saturated rings. The van der Waals surface area contributed by atoms with Gasteiger partial charge in [0, 0.05) is 60.8 Å². The molecule has 0 amide bonds. The lowest BCUT2D eigenvalue weighted by atomic mass is 9.79. The van der Waals surface area contributed by atoms with Gasteiger partial charge in [-0.2, -0.15) is 18.3 Å². The molecule has 5 heterocycles. The number of hydrogen-bond acceptors (Lipinski definition) is 6. The second-order valence-electron chi connectivity index (χ2n) is 9.16. The number of rotatable bonds is 5. The summed E-state index contributed by atoms with van der Waals surface area (Å²) in [4.78, 5) is 14.2. The first-order valence-corrected chi connectivity index (χ1v) is 11.3. The Balaban J connectivity index is 1.25. The molecule has 0 aliphatic carbocycles. The number of nitrogens with zero attached hydrogens (tertiary/aromatic N) is 6. The fourth-order valence-corrected chi connectivity index (χ4v) is 5.84. The smallest absolute Gasteiger partial charge is 0.355 e. The molecule has 2 aliphatic rings. The third kappa shape index (κ3) is 4.15. The summed E-state index contributed by atoms with van der Waals surface area (Å²) in [6.45, 7) is 8.93. The highest BCUT2D eigenvalue weighted by atomic mass is 32.1. The van der Waals surface area contributed by atoms with Crippen molar-refractivity contribution < 1.29 is 13.2 Å². The highest BCUT2D eigenvalue weighted by molar-refractivity contribution is 7.18. The van der Waals surface area contributed by atoms with Gasteiger partial charge in [-0.15, -0.1) is 11.3 Å². The summed E-state index contributed by atoms with van der Waals surface area (Å²) in [7, 11) is 0. The van der Waals surface area contributed by atoms with Crippen LogP contribution in [0, 0.1) is 5.41 Å². The number of aromatic nitrogens is 4. The van der Waals surface area contributed by atoms with Crippen LogP contribution in [0.3, 0.4) is 0 Å². The van der Waals surface area contributed by atoms with Gasteiger partial charge in [-0.05, 0) is 26.3 Å². The SMILES string of the molecule is CC(C)n1cc(CN2CC3(CCN(c4ncnc5sc(CC(F)(F)F)cc45)C3)C2)cn1. The van der Waals surface area contributed by atoms with Crippen molar-refractivity contribution in [1.29, 1.82) is 0 Å². The van der Waals surface area contributed by atoms with E-state index < -0.39 is 12.6 Å². The lowest BCUT2D eigenvalue weighted by Gasteiger charge is -2.48. The van der Waals surface area contributed by atoms with Crippen LogP contribution in [-0.2, 0) is 13.0 Å². The first kappa shape index (κ1) is 20.7. The summed E-state index contributed by atoms with van der Waals surface area (Å²) < 4.78 is 40.4. The standard InChI is InChI=1S/C21H25F3N6S/c1-14(2)30-9-15(7-27-30)8-28-10-20(11-28)3-4-29(12-20)18-17-5-16(6-21(22,23)24)31-19(17)26-13-25-18/h5,7,9,13-14H,3-4,6,8,10-12H2,1-2H3. The van der Waals surface area contributed by atoms with Gasteiger partial charge in [0.25, 0.3) is 0 Å². The summed E-state index contributed by atoms with van der Waals surface area (Å²) in [5.41, 5.74) is 1.46. The van der Waals surface area contributed by atoms with E-state index in [-0.39, 0.29) is 10.3 Å². The Labute approximate surface area is 182 Å². The van der Waals surface area contributed by atoms with E-state index in [9.17, 15) is 13.2 Å². The van der Waals surface area contributed by atoms with Gasteiger partial charge in [0.1, 0.15) is 17.0 Å². The van der Waals surface area contributed by atoms with Crippen molar-refractivity contribution in [2.24, 2.45) is 5.41 Å². The maximum absolute atomic E-state index is 12.8. The molecular formula is C21H25F3N6S. The molecule has 0 unspecified atom stereocenters. The van der Waals surface area contributed by atoms with Crippen molar-refractivity contribution in [3.05, 3.63) is 35.2 Å². The van der Waals surface area contributed by atoms with E-state index in [4.69, 9.17) is 0 Å². The van der Waals surface area contributed by atoms with Gasteiger partial charge < -0.3 is 4.90 Å². The molecule has 0 saturated carbocycles. The highest BCUT2D eigenvalue weighted by Gasteiger charge is 2.48. The van der Waals surface area contributed by atoms with Gasteiger partial charge in [0.2, 0.25) is 0 Å². The predicted octanol–water partition coefficient (Wildman–Crippen LogP) is 4.29. The van der Waals surface area contributed by atoms with Crippen LogP contribution in [0.1, 0.15) is 36.8 Å². The molecule has 2 aliphatic heterocycles. The molecule has 0 aromatic carbocycles. The summed E-state index contributed by atoms with van der Waals surface area (Å²) in [6, 6.07) is 1.98. The maximum atomic E-state index is 12.8. The normalized spacial score (nSPS) is 19.1. The first-order chi connectivity index (χ1) is 14.7. The van der Waals surface area contributed by atoms with Crippen LogP contribution in [0.4, 0.5) is 19.0 Å². The average molecular weight is 451 g/mol. The number of halogens is 3. The zero-order chi connectivity index (χ0) is 21.8. The topological polar surface area (TPSA) is 50.1 Å². The molecule has 0 atom stereocenters. The van der Waals surface area contributed by atoms with Crippen molar-refractivity contribution in [3.8, 4) is 0 Å². The van der Waals surface area contributed by atoms with Gasteiger partial charge in [0.05, 0.1) is 18.0 Å². The molecule has 0 bridgehead atoms. The Bertz CT molecular complexity index is 1080. The summed E-state index contributed by atoms with van der Waals surface area (Å²) >= 11 is 1.11. The molecule has 10 heteroatoms. The van der Waals surface area contributed by atoms with Crippen molar-refractivity contribution >= 4 is 27.4 Å². The minimum absolute atomic E-state index is 0.232. The van der Waals surface area contributed by atoms with Crippen molar-refractivity contribution in [2.45, 2.75) is 45.5 Å². The van der Waals surface area contributed by atoms with Crippen LogP contribution in [0.5, 0.6) is 0 Å². The Morgan fingerprint density at radius 1 is 1.19 bits per heavy atom. The van der Waals surface area contributed by atoms with Crippen molar-refractivity contribution in [2.75, 3.05) is 31.1 Å². The van der Waals surface area contributed by atoms with Gasteiger partial charge in [0.15, 0.2) is 0 Å². The number of fused-ring (bicyclic) bond motifs is 1. The molecule has 3 aromatic rings. The Morgan fingerprint density at radius 3 is 2.71 bits per heavy atom. The largest absolute Gasteiger partial charge is 0.393 e. The van der Waals surface area contributed by atoms with Gasteiger partial charge in [-0.1, -0.05) is 0 Å². The van der Waals surface area contributed by atoms with Crippen molar-refractivity contribution in [3.63, 3.8) is 0 Å². The third-order valence-corrected chi connectivity index (χ3v) is 7.22. The minimum atomic E-state index is -4.22. The summed E-state index contributed by atoms with van der Waals surface area (Å²) in [5, 5.41) is 5.16. The van der Waals surface area contributed by atoms with Crippen LogP contribution >= 0.6 is 11.3 Å². The molecule has 0 N–H and O–H groups in total. The summed E-state index contributed by atoms with van der Waals surface area (Å²) in [6.07, 6.45) is 1.46. The van der Waals surface area contributed by atoms with Crippen LogP contribution in [0.2, 0.25) is 0 Å². The molecule has 5 rings (SSSR count). The van der Waals surface area contributed by atoms with E-state index in [2.05, 4.69) is 44.9 Å². The maximum Gasteiger partial charge on any atom is 0.393 e. The van der Waals surface area contributed by atoms with Crippen LogP contribution in [0.15, 0.2) is 24.8 Å². The Kier molecular flexibility index (Phi) is 4.97. The number of alkyl halides is 3. The molecule has 166 valence electrons. The minimum Gasteiger partial charge on any atom is -0.355 e. The zero-order valence-electron chi connectivity index (χ0n) is 17.6. The van der Waals surface area contributed by atoms with Crippen LogP contribution < -0.4 is 4.90 Å². The zero-order valence-corrected chi connectivity index (χ0v) is 18.4. The summed E-state index contributed by atoms with van der Waals surface area (Å²) in [5.74, 6) is 0.767. The number of anilines is 1. The van der Waals surface area contributed by atoms with Gasteiger partial charge in [-0.25, -0.2) is 9.97 Å². The van der Waals surface area contributed by atoms with Gasteiger partial charge in [-0.3, -0.25) is 9.58 Å². The molecule has 2 saturated heterocycles.